The maximum absolute atomic E-state index is 12.2. The standard InChI is InChI=1S/C14H14N2O3S/c1-3-18-14(17)11-8(2)19-13(16)10(6-15)12(11)9-4-5-20-7-9/h4-5,7,12H,3,16H2,1-2H3/t12-/m1/s1. The van der Waals surface area contributed by atoms with Crippen LogP contribution in [0.15, 0.2) is 39.6 Å². The van der Waals surface area contributed by atoms with E-state index in [1.54, 1.807) is 13.8 Å². The lowest BCUT2D eigenvalue weighted by molar-refractivity contribution is -0.139. The van der Waals surface area contributed by atoms with E-state index in [1.807, 2.05) is 22.9 Å². The summed E-state index contributed by atoms with van der Waals surface area (Å²) in [4.78, 5) is 12.2. The van der Waals surface area contributed by atoms with Gasteiger partial charge in [-0.15, -0.1) is 0 Å². The summed E-state index contributed by atoms with van der Waals surface area (Å²) >= 11 is 1.49. The fourth-order valence-corrected chi connectivity index (χ4v) is 2.81. The molecule has 2 rings (SSSR count). The van der Waals surface area contributed by atoms with Crippen LogP contribution in [0.4, 0.5) is 0 Å². The van der Waals surface area contributed by atoms with E-state index in [1.165, 1.54) is 11.3 Å². The van der Waals surface area contributed by atoms with Crippen LogP contribution in [-0.2, 0) is 14.3 Å². The quantitative estimate of drug-likeness (QED) is 0.864. The molecule has 0 bridgehead atoms. The van der Waals surface area contributed by atoms with Crippen molar-refractivity contribution in [2.24, 2.45) is 5.73 Å². The van der Waals surface area contributed by atoms with Gasteiger partial charge in [-0.3, -0.25) is 0 Å². The molecule has 0 unspecified atom stereocenters. The summed E-state index contributed by atoms with van der Waals surface area (Å²) < 4.78 is 10.4. The highest BCUT2D eigenvalue weighted by molar-refractivity contribution is 7.08. The number of allylic oxidation sites excluding steroid dienone is 2. The van der Waals surface area contributed by atoms with Crippen molar-refractivity contribution in [2.45, 2.75) is 19.8 Å². The van der Waals surface area contributed by atoms with E-state index < -0.39 is 11.9 Å². The Hall–Kier alpha value is -2.26. The maximum Gasteiger partial charge on any atom is 0.338 e. The third kappa shape index (κ3) is 2.40. The molecule has 1 aliphatic rings. The molecule has 2 N–H and O–H groups in total. The fraction of sp³-hybridized carbons (Fsp3) is 0.286. The second-order valence-corrected chi connectivity index (χ2v) is 4.95. The number of nitrogens with zero attached hydrogens (tertiary/aromatic N) is 1. The van der Waals surface area contributed by atoms with Gasteiger partial charge in [0.1, 0.15) is 17.4 Å². The normalized spacial score (nSPS) is 18.6. The Labute approximate surface area is 120 Å². The predicted octanol–water partition coefficient (Wildman–Crippen LogP) is 2.39. The van der Waals surface area contributed by atoms with Gasteiger partial charge in [0.15, 0.2) is 0 Å². The highest BCUT2D eigenvalue weighted by Crippen LogP contribution is 2.40. The molecule has 2 heterocycles. The molecule has 104 valence electrons. The maximum atomic E-state index is 12.2. The smallest absolute Gasteiger partial charge is 0.338 e. The fourth-order valence-electron chi connectivity index (χ4n) is 2.13. The number of hydrogen-bond donors (Lipinski definition) is 1. The van der Waals surface area contributed by atoms with Gasteiger partial charge in [0, 0.05) is 0 Å². The zero-order chi connectivity index (χ0) is 14.7. The predicted molar refractivity (Wildman–Crippen MR) is 74.3 cm³/mol. The van der Waals surface area contributed by atoms with Crippen molar-refractivity contribution in [2.75, 3.05) is 6.61 Å². The summed E-state index contributed by atoms with van der Waals surface area (Å²) in [5, 5.41) is 13.1. The van der Waals surface area contributed by atoms with Crippen molar-refractivity contribution in [3.63, 3.8) is 0 Å². The molecule has 0 saturated heterocycles. The van der Waals surface area contributed by atoms with Gasteiger partial charge in [0.25, 0.3) is 0 Å². The number of ether oxygens (including phenoxy) is 2. The van der Waals surface area contributed by atoms with Crippen LogP contribution in [0.25, 0.3) is 0 Å². The molecule has 1 aromatic rings. The highest BCUT2D eigenvalue weighted by Gasteiger charge is 2.36. The monoisotopic (exact) mass is 290 g/mol. The van der Waals surface area contributed by atoms with Crippen LogP contribution in [0.1, 0.15) is 25.3 Å². The van der Waals surface area contributed by atoms with E-state index in [9.17, 15) is 10.1 Å². The minimum atomic E-state index is -0.529. The summed E-state index contributed by atoms with van der Waals surface area (Å²) in [6, 6.07) is 3.89. The van der Waals surface area contributed by atoms with Crippen molar-refractivity contribution in [3.05, 3.63) is 45.2 Å². The van der Waals surface area contributed by atoms with Crippen LogP contribution in [0.2, 0.25) is 0 Å². The largest absolute Gasteiger partial charge is 0.463 e. The van der Waals surface area contributed by atoms with E-state index in [4.69, 9.17) is 15.2 Å². The lowest BCUT2D eigenvalue weighted by Gasteiger charge is -2.26. The Balaban J connectivity index is 2.55. The summed E-state index contributed by atoms with van der Waals surface area (Å²) in [6.07, 6.45) is 0. The topological polar surface area (TPSA) is 85.3 Å². The molecule has 6 heteroatoms. The second kappa shape index (κ2) is 5.80. The summed E-state index contributed by atoms with van der Waals surface area (Å²) in [5.74, 6) is -0.606. The minimum absolute atomic E-state index is 0.0363. The third-order valence-corrected chi connectivity index (χ3v) is 3.68. The lowest BCUT2D eigenvalue weighted by atomic mass is 9.84. The summed E-state index contributed by atoms with van der Waals surface area (Å²) in [7, 11) is 0. The van der Waals surface area contributed by atoms with Crippen LogP contribution < -0.4 is 5.73 Å². The van der Waals surface area contributed by atoms with Gasteiger partial charge >= 0.3 is 5.97 Å². The number of nitriles is 1. The van der Waals surface area contributed by atoms with Crippen LogP contribution in [0.5, 0.6) is 0 Å². The summed E-state index contributed by atoms with van der Waals surface area (Å²) in [5.41, 5.74) is 7.16. The number of carbonyl (C=O) groups excluding carboxylic acids is 1. The first kappa shape index (κ1) is 14.2. The number of esters is 1. The molecule has 0 saturated carbocycles. The van der Waals surface area contributed by atoms with Crippen LogP contribution in [0.3, 0.4) is 0 Å². The van der Waals surface area contributed by atoms with E-state index in [0.29, 0.717) is 11.3 Å². The molecule has 0 spiro atoms. The highest BCUT2D eigenvalue weighted by atomic mass is 32.1. The van der Waals surface area contributed by atoms with Gasteiger partial charge in [-0.2, -0.15) is 16.6 Å². The average Bonchev–Trinajstić information content (AvgIpc) is 2.91. The first-order chi connectivity index (χ1) is 9.60. The Kier molecular flexibility index (Phi) is 4.11. The Bertz CT molecular complexity index is 623. The zero-order valence-corrected chi connectivity index (χ0v) is 12.0. The SMILES string of the molecule is CCOC(=O)C1=C(C)OC(N)=C(C#N)[C@H]1c1ccsc1. The van der Waals surface area contributed by atoms with Gasteiger partial charge in [0.05, 0.1) is 18.1 Å². The number of thiophene rings is 1. The molecule has 20 heavy (non-hydrogen) atoms. The van der Waals surface area contributed by atoms with Gasteiger partial charge in [-0.25, -0.2) is 4.79 Å². The van der Waals surface area contributed by atoms with Crippen molar-refractivity contribution in [1.82, 2.24) is 0 Å². The second-order valence-electron chi connectivity index (χ2n) is 4.17. The Morgan fingerprint density at radius 3 is 2.95 bits per heavy atom. The molecular weight excluding hydrogens is 276 g/mol. The molecular formula is C14H14N2O3S. The molecule has 5 nitrogen and oxygen atoms in total. The molecule has 0 aromatic carbocycles. The third-order valence-electron chi connectivity index (χ3n) is 2.98. The van der Waals surface area contributed by atoms with Crippen molar-refractivity contribution >= 4 is 17.3 Å². The van der Waals surface area contributed by atoms with Crippen LogP contribution >= 0.6 is 11.3 Å². The number of nitrogens with two attached hydrogens (primary N) is 1. The number of hydrogen-bond acceptors (Lipinski definition) is 6. The molecule has 1 atom stereocenters. The zero-order valence-electron chi connectivity index (χ0n) is 11.2. The molecule has 0 amide bonds. The number of rotatable bonds is 3. The summed E-state index contributed by atoms with van der Waals surface area (Å²) in [6.45, 7) is 3.63. The van der Waals surface area contributed by atoms with E-state index >= 15 is 0 Å². The average molecular weight is 290 g/mol. The lowest BCUT2D eigenvalue weighted by Crippen LogP contribution is -2.25. The van der Waals surface area contributed by atoms with Gasteiger partial charge in [-0.05, 0) is 36.2 Å². The molecule has 0 fully saturated rings. The molecule has 1 aliphatic heterocycles. The number of carbonyl (C=O) groups is 1. The van der Waals surface area contributed by atoms with Crippen molar-refractivity contribution < 1.29 is 14.3 Å². The van der Waals surface area contributed by atoms with E-state index in [0.717, 1.165) is 5.56 Å². The van der Waals surface area contributed by atoms with Gasteiger partial charge < -0.3 is 15.2 Å². The van der Waals surface area contributed by atoms with E-state index in [2.05, 4.69) is 0 Å². The molecule has 0 aliphatic carbocycles. The Morgan fingerprint density at radius 1 is 1.65 bits per heavy atom. The van der Waals surface area contributed by atoms with E-state index in [-0.39, 0.29) is 18.1 Å². The van der Waals surface area contributed by atoms with Crippen molar-refractivity contribution in [3.8, 4) is 6.07 Å². The first-order valence-corrected chi connectivity index (χ1v) is 7.02. The first-order valence-electron chi connectivity index (χ1n) is 6.07. The van der Waals surface area contributed by atoms with Crippen LogP contribution in [0, 0.1) is 11.3 Å². The van der Waals surface area contributed by atoms with Gasteiger partial charge in [0.2, 0.25) is 5.88 Å². The molecule has 1 aromatic heterocycles. The van der Waals surface area contributed by atoms with Crippen LogP contribution in [-0.4, -0.2) is 12.6 Å². The van der Waals surface area contributed by atoms with Crippen molar-refractivity contribution in [1.29, 1.82) is 5.26 Å². The molecule has 0 radical (unpaired) electrons. The minimum Gasteiger partial charge on any atom is -0.463 e. The Morgan fingerprint density at radius 2 is 2.40 bits per heavy atom. The van der Waals surface area contributed by atoms with Gasteiger partial charge in [-0.1, -0.05) is 0 Å².